The highest BCUT2D eigenvalue weighted by Crippen LogP contribution is 2.41. The zero-order chi connectivity index (χ0) is 22.1. The number of halogens is 1. The number of likely N-dealkylation sites (tertiary alicyclic amines) is 1. The molecule has 2 heterocycles. The lowest BCUT2D eigenvalue weighted by Gasteiger charge is -2.24. The summed E-state index contributed by atoms with van der Waals surface area (Å²) in [5.74, 6) is -0.522. The maximum Gasteiger partial charge on any atom is 0.296 e. The molecule has 6 nitrogen and oxygen atoms in total. The predicted molar refractivity (Wildman–Crippen MR) is 118 cm³/mol. The van der Waals surface area contributed by atoms with Gasteiger partial charge in [-0.05, 0) is 58.7 Å². The number of aliphatic hydroxyl groups is 1. The van der Waals surface area contributed by atoms with Crippen LogP contribution in [0.2, 0.25) is 0 Å². The largest absolute Gasteiger partial charge is 0.507 e. The van der Waals surface area contributed by atoms with E-state index in [1.165, 1.54) is 18.3 Å². The van der Waals surface area contributed by atoms with Gasteiger partial charge in [0.05, 0.1) is 36.0 Å². The second kappa shape index (κ2) is 8.43. The average molecular weight is 482 g/mol. The highest BCUT2D eigenvalue weighted by atomic mass is 79.9. The van der Waals surface area contributed by atoms with E-state index < -0.39 is 17.7 Å². The van der Waals surface area contributed by atoms with Gasteiger partial charge < -0.3 is 19.2 Å². The summed E-state index contributed by atoms with van der Waals surface area (Å²) in [6.07, 6.45) is 1.52. The lowest BCUT2D eigenvalue weighted by atomic mass is 9.94. The molecule has 0 aliphatic carbocycles. The quantitative estimate of drug-likeness (QED) is 0.315. The third-order valence-corrected chi connectivity index (χ3v) is 5.85. The number of rotatable bonds is 5. The van der Waals surface area contributed by atoms with Gasteiger partial charge in [0.25, 0.3) is 11.7 Å². The van der Waals surface area contributed by atoms with Crippen LogP contribution in [-0.4, -0.2) is 28.8 Å². The molecular formula is C24H20BrNO5. The zero-order valence-corrected chi connectivity index (χ0v) is 18.5. The van der Waals surface area contributed by atoms with Gasteiger partial charge in [0.1, 0.15) is 17.3 Å². The van der Waals surface area contributed by atoms with Gasteiger partial charge in [-0.1, -0.05) is 29.8 Å². The lowest BCUT2D eigenvalue weighted by molar-refractivity contribution is -0.140. The number of carbonyl (C=O) groups is 2. The first-order valence-corrected chi connectivity index (χ1v) is 10.4. The Morgan fingerprint density at radius 2 is 1.97 bits per heavy atom. The van der Waals surface area contributed by atoms with Gasteiger partial charge in [0.2, 0.25) is 0 Å². The minimum Gasteiger partial charge on any atom is -0.507 e. The maximum absolute atomic E-state index is 13.1. The van der Waals surface area contributed by atoms with Gasteiger partial charge >= 0.3 is 0 Å². The van der Waals surface area contributed by atoms with Crippen molar-refractivity contribution in [3.63, 3.8) is 0 Å². The number of benzene rings is 2. The molecular weight excluding hydrogens is 462 g/mol. The van der Waals surface area contributed by atoms with Crippen LogP contribution in [0.3, 0.4) is 0 Å². The number of ketones is 1. The third kappa shape index (κ3) is 3.88. The number of aryl methyl sites for hydroxylation is 1. The van der Waals surface area contributed by atoms with E-state index in [1.54, 1.807) is 30.3 Å². The molecule has 1 aliphatic rings. The molecule has 0 radical (unpaired) electrons. The number of amides is 1. The number of Topliss-reactive ketones (excluding diaryl/α,β-unsaturated/α-hetero) is 1. The van der Waals surface area contributed by atoms with E-state index in [-0.39, 0.29) is 17.9 Å². The molecule has 4 rings (SSSR count). The van der Waals surface area contributed by atoms with E-state index in [1.807, 2.05) is 31.2 Å². The van der Waals surface area contributed by atoms with E-state index in [0.717, 1.165) is 11.1 Å². The van der Waals surface area contributed by atoms with Gasteiger partial charge in [0, 0.05) is 5.56 Å². The molecule has 1 atom stereocenters. The number of ether oxygens (including phenoxy) is 1. The van der Waals surface area contributed by atoms with Crippen molar-refractivity contribution in [3.8, 4) is 5.75 Å². The smallest absolute Gasteiger partial charge is 0.296 e. The molecule has 7 heteroatoms. The van der Waals surface area contributed by atoms with E-state index in [0.29, 0.717) is 21.5 Å². The van der Waals surface area contributed by atoms with Crippen molar-refractivity contribution in [2.75, 3.05) is 7.11 Å². The highest BCUT2D eigenvalue weighted by Gasteiger charge is 2.46. The molecule has 1 fully saturated rings. The Hall–Kier alpha value is -3.32. The Balaban J connectivity index is 1.87. The molecule has 158 valence electrons. The topological polar surface area (TPSA) is 80.0 Å². The van der Waals surface area contributed by atoms with Crippen LogP contribution in [0, 0.1) is 6.92 Å². The summed E-state index contributed by atoms with van der Waals surface area (Å²) >= 11 is 3.40. The molecule has 1 aromatic heterocycles. The van der Waals surface area contributed by atoms with Crippen LogP contribution in [0.4, 0.5) is 0 Å². The number of aliphatic hydroxyl groups excluding tert-OH is 1. The number of hydrogen-bond donors (Lipinski definition) is 1. The van der Waals surface area contributed by atoms with Crippen LogP contribution < -0.4 is 4.74 Å². The van der Waals surface area contributed by atoms with Gasteiger partial charge in [-0.2, -0.15) is 0 Å². The van der Waals surface area contributed by atoms with Crippen molar-refractivity contribution in [1.29, 1.82) is 0 Å². The molecule has 1 unspecified atom stereocenters. The number of hydrogen-bond acceptors (Lipinski definition) is 5. The van der Waals surface area contributed by atoms with Crippen molar-refractivity contribution in [2.24, 2.45) is 0 Å². The van der Waals surface area contributed by atoms with Crippen LogP contribution in [0.1, 0.15) is 28.5 Å². The van der Waals surface area contributed by atoms with E-state index in [4.69, 9.17) is 9.15 Å². The number of methoxy groups -OCH3 is 1. The fourth-order valence-corrected chi connectivity index (χ4v) is 4.31. The number of furan rings is 1. The third-order valence-electron chi connectivity index (χ3n) is 5.23. The Labute approximate surface area is 187 Å². The van der Waals surface area contributed by atoms with Crippen molar-refractivity contribution in [3.05, 3.63) is 93.4 Å². The summed E-state index contributed by atoms with van der Waals surface area (Å²) in [7, 11) is 1.54. The molecule has 1 aliphatic heterocycles. The normalized spacial score (nSPS) is 17.9. The van der Waals surface area contributed by atoms with Gasteiger partial charge in [-0.15, -0.1) is 0 Å². The van der Waals surface area contributed by atoms with Crippen LogP contribution in [-0.2, 0) is 16.1 Å². The Morgan fingerprint density at radius 1 is 1.16 bits per heavy atom. The SMILES string of the molecule is COc1ccc(/C(O)=C2/C(=O)C(=O)N(Cc3ccco3)C2c2cccc(C)c2)cc1Br. The standard InChI is InChI=1S/C24H20BrNO5/c1-14-5-3-6-15(11-14)21-20(22(27)16-8-9-19(30-2)18(25)12-16)23(28)24(29)26(21)13-17-7-4-10-31-17/h3-12,21,27H,13H2,1-2H3/b22-20-. The molecule has 1 saturated heterocycles. The Morgan fingerprint density at radius 3 is 2.61 bits per heavy atom. The van der Waals surface area contributed by atoms with Crippen LogP contribution in [0.15, 0.2) is 75.3 Å². The fourth-order valence-electron chi connectivity index (χ4n) is 3.77. The summed E-state index contributed by atoms with van der Waals surface area (Å²) in [6, 6.07) is 15.2. The number of carbonyl (C=O) groups excluding carboxylic acids is 2. The van der Waals surface area contributed by atoms with Crippen molar-refractivity contribution in [2.45, 2.75) is 19.5 Å². The molecule has 1 amide bonds. The lowest BCUT2D eigenvalue weighted by Crippen LogP contribution is -2.29. The van der Waals surface area contributed by atoms with Gasteiger partial charge in [-0.25, -0.2) is 0 Å². The average Bonchev–Trinajstić information content (AvgIpc) is 3.35. The summed E-state index contributed by atoms with van der Waals surface area (Å²) in [6.45, 7) is 2.04. The molecule has 3 aromatic rings. The highest BCUT2D eigenvalue weighted by molar-refractivity contribution is 9.10. The molecule has 0 saturated carbocycles. The summed E-state index contributed by atoms with van der Waals surface area (Å²) in [5, 5.41) is 11.1. The first kappa shape index (κ1) is 20.9. The monoisotopic (exact) mass is 481 g/mol. The summed E-state index contributed by atoms with van der Waals surface area (Å²) < 4.78 is 11.3. The predicted octanol–water partition coefficient (Wildman–Crippen LogP) is 4.98. The molecule has 2 aromatic carbocycles. The molecule has 31 heavy (non-hydrogen) atoms. The summed E-state index contributed by atoms with van der Waals surface area (Å²) in [5.41, 5.74) is 2.16. The van der Waals surface area contributed by atoms with Crippen LogP contribution in [0.25, 0.3) is 5.76 Å². The zero-order valence-electron chi connectivity index (χ0n) is 17.0. The maximum atomic E-state index is 13.1. The van der Waals surface area contributed by atoms with Crippen molar-refractivity contribution < 1.29 is 23.8 Å². The second-order valence-electron chi connectivity index (χ2n) is 7.27. The molecule has 0 spiro atoms. The summed E-state index contributed by atoms with van der Waals surface area (Å²) in [4.78, 5) is 27.5. The minimum atomic E-state index is -0.745. The van der Waals surface area contributed by atoms with E-state index in [9.17, 15) is 14.7 Å². The molecule has 0 bridgehead atoms. The minimum absolute atomic E-state index is 0.0409. The van der Waals surface area contributed by atoms with Crippen LogP contribution in [0.5, 0.6) is 5.75 Å². The van der Waals surface area contributed by atoms with Gasteiger partial charge in [-0.3, -0.25) is 9.59 Å². The first-order valence-electron chi connectivity index (χ1n) is 9.62. The van der Waals surface area contributed by atoms with E-state index >= 15 is 0 Å². The first-order chi connectivity index (χ1) is 14.9. The second-order valence-corrected chi connectivity index (χ2v) is 8.12. The number of nitrogens with zero attached hydrogens (tertiary/aromatic N) is 1. The van der Waals surface area contributed by atoms with Crippen LogP contribution >= 0.6 is 15.9 Å². The van der Waals surface area contributed by atoms with Crippen molar-refractivity contribution in [1.82, 2.24) is 4.90 Å². The van der Waals surface area contributed by atoms with E-state index in [2.05, 4.69) is 15.9 Å². The Bertz CT molecular complexity index is 1180. The Kier molecular flexibility index (Phi) is 5.69. The van der Waals surface area contributed by atoms with Crippen molar-refractivity contribution >= 4 is 33.4 Å². The molecule has 1 N–H and O–H groups in total. The van der Waals surface area contributed by atoms with Gasteiger partial charge in [0.15, 0.2) is 0 Å². The fraction of sp³-hybridized carbons (Fsp3) is 0.167.